The second kappa shape index (κ2) is 10.2. The van der Waals surface area contributed by atoms with Crippen LogP contribution in [0.4, 0.5) is 0 Å². The maximum absolute atomic E-state index is 6.19. The van der Waals surface area contributed by atoms with Crippen LogP contribution in [0.25, 0.3) is 0 Å². The third-order valence-corrected chi connectivity index (χ3v) is 3.78. The van der Waals surface area contributed by atoms with Crippen LogP contribution in [-0.2, 0) is 11.3 Å². The van der Waals surface area contributed by atoms with Crippen molar-refractivity contribution < 1.29 is 4.74 Å². The number of halogens is 1. The maximum Gasteiger partial charge on any atom is 0.0477 e. The highest BCUT2D eigenvalue weighted by atomic mass is 35.5. The quantitative estimate of drug-likeness (QED) is 0.672. The van der Waals surface area contributed by atoms with E-state index in [1.54, 1.807) is 0 Å². The van der Waals surface area contributed by atoms with Crippen molar-refractivity contribution in [2.75, 3.05) is 33.4 Å². The van der Waals surface area contributed by atoms with E-state index < -0.39 is 0 Å². The SMILES string of the molecule is CCOCCCNCC(C)N(C)Cc1ccccc1Cl. The Morgan fingerprint density at radius 1 is 1.35 bits per heavy atom. The molecule has 0 aromatic heterocycles. The Hall–Kier alpha value is -0.610. The molecule has 1 aromatic rings. The van der Waals surface area contributed by atoms with Gasteiger partial charge in [0.05, 0.1) is 0 Å². The maximum atomic E-state index is 6.19. The average molecular weight is 299 g/mol. The van der Waals surface area contributed by atoms with E-state index in [2.05, 4.69) is 30.3 Å². The summed E-state index contributed by atoms with van der Waals surface area (Å²) in [6.07, 6.45) is 1.06. The van der Waals surface area contributed by atoms with Gasteiger partial charge in [0.25, 0.3) is 0 Å². The van der Waals surface area contributed by atoms with Gasteiger partial charge in [-0.1, -0.05) is 29.8 Å². The molecule has 20 heavy (non-hydrogen) atoms. The predicted molar refractivity (Wildman–Crippen MR) is 86.4 cm³/mol. The van der Waals surface area contributed by atoms with Gasteiger partial charge in [-0.15, -0.1) is 0 Å². The highest BCUT2D eigenvalue weighted by Crippen LogP contribution is 2.17. The van der Waals surface area contributed by atoms with Crippen LogP contribution in [-0.4, -0.2) is 44.3 Å². The molecule has 1 unspecified atom stereocenters. The van der Waals surface area contributed by atoms with Crippen molar-refractivity contribution in [3.8, 4) is 0 Å². The predicted octanol–water partition coefficient (Wildman–Crippen LogP) is 3.18. The van der Waals surface area contributed by atoms with Crippen LogP contribution in [0.15, 0.2) is 24.3 Å². The van der Waals surface area contributed by atoms with E-state index in [0.717, 1.165) is 44.3 Å². The fourth-order valence-electron chi connectivity index (χ4n) is 1.96. The molecule has 1 aromatic carbocycles. The topological polar surface area (TPSA) is 24.5 Å². The van der Waals surface area contributed by atoms with Crippen LogP contribution in [0.1, 0.15) is 25.8 Å². The first-order chi connectivity index (χ1) is 9.65. The summed E-state index contributed by atoms with van der Waals surface area (Å²) in [6, 6.07) is 8.50. The molecule has 0 spiro atoms. The Morgan fingerprint density at radius 3 is 2.80 bits per heavy atom. The largest absolute Gasteiger partial charge is 0.382 e. The number of rotatable bonds is 10. The molecule has 0 heterocycles. The van der Waals surface area contributed by atoms with E-state index in [1.165, 1.54) is 5.56 Å². The standard InChI is InChI=1S/C16H27ClN2O/c1-4-20-11-7-10-18-12-14(2)19(3)13-15-8-5-6-9-16(15)17/h5-6,8-9,14,18H,4,7,10-13H2,1-3H3. The minimum absolute atomic E-state index is 0.471. The summed E-state index contributed by atoms with van der Waals surface area (Å²) in [5.41, 5.74) is 1.18. The van der Waals surface area contributed by atoms with Crippen LogP contribution in [0.2, 0.25) is 5.02 Å². The molecule has 0 bridgehead atoms. The highest BCUT2D eigenvalue weighted by molar-refractivity contribution is 6.31. The van der Waals surface area contributed by atoms with Gasteiger partial charge in [0.15, 0.2) is 0 Å². The van der Waals surface area contributed by atoms with E-state index >= 15 is 0 Å². The van der Waals surface area contributed by atoms with Gasteiger partial charge < -0.3 is 10.1 Å². The number of ether oxygens (including phenoxy) is 1. The fourth-order valence-corrected chi connectivity index (χ4v) is 2.16. The van der Waals surface area contributed by atoms with Gasteiger partial charge >= 0.3 is 0 Å². The molecule has 114 valence electrons. The van der Waals surface area contributed by atoms with Crippen LogP contribution >= 0.6 is 11.6 Å². The van der Waals surface area contributed by atoms with Gasteiger partial charge in [-0.2, -0.15) is 0 Å². The zero-order valence-corrected chi connectivity index (χ0v) is 13.6. The summed E-state index contributed by atoms with van der Waals surface area (Å²) < 4.78 is 5.32. The summed E-state index contributed by atoms with van der Waals surface area (Å²) in [4.78, 5) is 2.32. The molecule has 0 fully saturated rings. The van der Waals surface area contributed by atoms with Gasteiger partial charge in [-0.05, 0) is 45.5 Å². The molecular formula is C16H27ClN2O. The van der Waals surface area contributed by atoms with Crippen molar-refractivity contribution in [1.29, 1.82) is 0 Å². The third-order valence-electron chi connectivity index (χ3n) is 3.42. The van der Waals surface area contributed by atoms with E-state index in [9.17, 15) is 0 Å². The average Bonchev–Trinajstić information content (AvgIpc) is 2.44. The van der Waals surface area contributed by atoms with Gasteiger partial charge in [-0.25, -0.2) is 0 Å². The number of likely N-dealkylation sites (N-methyl/N-ethyl adjacent to an activating group) is 1. The smallest absolute Gasteiger partial charge is 0.0477 e. The lowest BCUT2D eigenvalue weighted by Gasteiger charge is -2.25. The van der Waals surface area contributed by atoms with Crippen LogP contribution in [0.3, 0.4) is 0 Å². The number of hydrogen-bond acceptors (Lipinski definition) is 3. The molecule has 0 aliphatic carbocycles. The summed E-state index contributed by atoms with van der Waals surface area (Å²) in [7, 11) is 2.13. The molecule has 0 saturated carbocycles. The Balaban J connectivity index is 2.22. The Bertz CT molecular complexity index is 373. The molecule has 0 aliphatic heterocycles. The van der Waals surface area contributed by atoms with Crippen molar-refractivity contribution >= 4 is 11.6 Å². The molecular weight excluding hydrogens is 272 g/mol. The molecule has 3 nitrogen and oxygen atoms in total. The van der Waals surface area contributed by atoms with Crippen LogP contribution in [0, 0.1) is 0 Å². The molecule has 0 radical (unpaired) electrons. The number of benzene rings is 1. The monoisotopic (exact) mass is 298 g/mol. The molecule has 0 aliphatic rings. The van der Waals surface area contributed by atoms with E-state index in [4.69, 9.17) is 16.3 Å². The molecule has 1 rings (SSSR count). The minimum Gasteiger partial charge on any atom is -0.382 e. The first-order valence-electron chi connectivity index (χ1n) is 7.37. The lowest BCUT2D eigenvalue weighted by Crippen LogP contribution is -2.38. The number of nitrogens with zero attached hydrogens (tertiary/aromatic N) is 1. The molecule has 4 heteroatoms. The highest BCUT2D eigenvalue weighted by Gasteiger charge is 2.10. The van der Waals surface area contributed by atoms with Gasteiger partial charge in [0, 0.05) is 37.4 Å². The minimum atomic E-state index is 0.471. The Labute approximate surface area is 128 Å². The number of nitrogens with one attached hydrogen (secondary N) is 1. The van der Waals surface area contributed by atoms with Crippen LogP contribution in [0.5, 0.6) is 0 Å². The van der Waals surface area contributed by atoms with Gasteiger partial charge in [-0.3, -0.25) is 4.90 Å². The van der Waals surface area contributed by atoms with E-state index in [-0.39, 0.29) is 0 Å². The summed E-state index contributed by atoms with van der Waals surface area (Å²) in [6.45, 7) is 8.76. The molecule has 0 saturated heterocycles. The zero-order valence-electron chi connectivity index (χ0n) is 12.9. The molecule has 1 N–H and O–H groups in total. The summed E-state index contributed by atoms with van der Waals surface area (Å²) >= 11 is 6.19. The van der Waals surface area contributed by atoms with E-state index in [1.807, 2.05) is 25.1 Å². The first-order valence-corrected chi connectivity index (χ1v) is 7.75. The lowest BCUT2D eigenvalue weighted by molar-refractivity contribution is 0.144. The summed E-state index contributed by atoms with van der Waals surface area (Å²) in [5.74, 6) is 0. The van der Waals surface area contributed by atoms with Crippen molar-refractivity contribution in [3.05, 3.63) is 34.9 Å². The van der Waals surface area contributed by atoms with Crippen molar-refractivity contribution in [2.45, 2.75) is 32.9 Å². The first kappa shape index (κ1) is 17.4. The van der Waals surface area contributed by atoms with Gasteiger partial charge in [0.2, 0.25) is 0 Å². The fraction of sp³-hybridized carbons (Fsp3) is 0.625. The van der Waals surface area contributed by atoms with E-state index in [0.29, 0.717) is 6.04 Å². The zero-order chi connectivity index (χ0) is 14.8. The number of hydrogen-bond donors (Lipinski definition) is 1. The van der Waals surface area contributed by atoms with Crippen molar-refractivity contribution in [1.82, 2.24) is 10.2 Å². The Morgan fingerprint density at radius 2 is 2.10 bits per heavy atom. The summed E-state index contributed by atoms with van der Waals surface area (Å²) in [5, 5.41) is 4.31. The van der Waals surface area contributed by atoms with Crippen molar-refractivity contribution in [2.24, 2.45) is 0 Å². The molecule has 0 amide bonds. The van der Waals surface area contributed by atoms with Crippen LogP contribution < -0.4 is 5.32 Å². The molecule has 1 atom stereocenters. The van der Waals surface area contributed by atoms with Gasteiger partial charge in [0.1, 0.15) is 0 Å². The Kier molecular flexibility index (Phi) is 8.86. The lowest BCUT2D eigenvalue weighted by atomic mass is 10.2. The second-order valence-corrected chi connectivity index (χ2v) is 5.52. The van der Waals surface area contributed by atoms with Crippen molar-refractivity contribution in [3.63, 3.8) is 0 Å². The third kappa shape index (κ3) is 6.71. The second-order valence-electron chi connectivity index (χ2n) is 5.11. The normalized spacial score (nSPS) is 12.8.